The van der Waals surface area contributed by atoms with Gasteiger partial charge in [-0.1, -0.05) is 38.1 Å². The van der Waals surface area contributed by atoms with Gasteiger partial charge in [0.25, 0.3) is 0 Å². The van der Waals surface area contributed by atoms with Gasteiger partial charge in [0, 0.05) is 19.6 Å². The molecule has 5 nitrogen and oxygen atoms in total. The first-order valence-corrected chi connectivity index (χ1v) is 7.89. The van der Waals surface area contributed by atoms with Gasteiger partial charge in [0.05, 0.1) is 13.1 Å². The molecule has 0 atom stereocenters. The van der Waals surface area contributed by atoms with E-state index in [0.717, 1.165) is 13.0 Å². The van der Waals surface area contributed by atoms with Gasteiger partial charge in [-0.25, -0.2) is 0 Å². The maximum Gasteiger partial charge on any atom is 0.234 e. The molecular formula is C17H25N3O2. The van der Waals surface area contributed by atoms with Gasteiger partial charge in [-0.2, -0.15) is 0 Å². The van der Waals surface area contributed by atoms with Crippen LogP contribution in [0.15, 0.2) is 24.3 Å². The van der Waals surface area contributed by atoms with Crippen molar-refractivity contribution < 1.29 is 9.59 Å². The minimum atomic E-state index is -0.0199. The summed E-state index contributed by atoms with van der Waals surface area (Å²) in [6.07, 6.45) is 0.824. The first-order chi connectivity index (χ1) is 10.5. The van der Waals surface area contributed by atoms with Crippen molar-refractivity contribution in [3.8, 4) is 0 Å². The molecule has 0 radical (unpaired) electrons. The maximum atomic E-state index is 11.9. The first-order valence-electron chi connectivity index (χ1n) is 7.89. The number of nitrogens with zero attached hydrogens (tertiary/aromatic N) is 1. The number of carbonyl (C=O) groups is 2. The Morgan fingerprint density at radius 1 is 1.32 bits per heavy atom. The van der Waals surface area contributed by atoms with E-state index in [0.29, 0.717) is 32.1 Å². The number of hydrogen-bond acceptors (Lipinski definition) is 3. The Labute approximate surface area is 132 Å². The van der Waals surface area contributed by atoms with Crippen LogP contribution in [-0.4, -0.2) is 49.4 Å². The molecule has 0 saturated carbocycles. The fourth-order valence-electron chi connectivity index (χ4n) is 2.50. The zero-order valence-electron chi connectivity index (χ0n) is 13.4. The molecule has 120 valence electrons. The van der Waals surface area contributed by atoms with E-state index >= 15 is 0 Å². The number of piperazine rings is 1. The van der Waals surface area contributed by atoms with Crippen molar-refractivity contribution in [2.75, 3.05) is 32.7 Å². The predicted molar refractivity (Wildman–Crippen MR) is 86.7 cm³/mol. The highest BCUT2D eigenvalue weighted by molar-refractivity contribution is 5.81. The lowest BCUT2D eigenvalue weighted by Crippen LogP contribution is -2.50. The summed E-state index contributed by atoms with van der Waals surface area (Å²) in [5, 5.41) is 5.67. The third-order valence-electron chi connectivity index (χ3n) is 3.87. The molecule has 0 unspecified atom stereocenters. The number of rotatable bonds is 6. The summed E-state index contributed by atoms with van der Waals surface area (Å²) in [4.78, 5) is 25.0. The summed E-state index contributed by atoms with van der Waals surface area (Å²) in [5.41, 5.74) is 2.55. The molecular weight excluding hydrogens is 278 g/mol. The lowest BCUT2D eigenvalue weighted by atomic mass is 10.0. The molecule has 22 heavy (non-hydrogen) atoms. The Balaban J connectivity index is 1.69. The zero-order chi connectivity index (χ0) is 15.9. The average Bonchev–Trinajstić information content (AvgIpc) is 2.47. The Morgan fingerprint density at radius 3 is 2.68 bits per heavy atom. The normalized spacial score (nSPS) is 15.7. The third kappa shape index (κ3) is 5.15. The zero-order valence-corrected chi connectivity index (χ0v) is 13.4. The SMILES string of the molecule is CC(C)c1ccc(CCNC(=O)CN2CCNC(=O)C2)cc1. The molecule has 0 spiro atoms. The molecule has 5 heteroatoms. The van der Waals surface area contributed by atoms with E-state index < -0.39 is 0 Å². The van der Waals surface area contributed by atoms with E-state index in [4.69, 9.17) is 0 Å². The van der Waals surface area contributed by atoms with E-state index in [-0.39, 0.29) is 11.8 Å². The Bertz CT molecular complexity index is 511. The van der Waals surface area contributed by atoms with Crippen molar-refractivity contribution >= 4 is 11.8 Å². The maximum absolute atomic E-state index is 11.9. The van der Waals surface area contributed by atoms with Crippen LogP contribution in [0.4, 0.5) is 0 Å². The van der Waals surface area contributed by atoms with Gasteiger partial charge >= 0.3 is 0 Å². The van der Waals surface area contributed by atoms with Gasteiger partial charge in [0.15, 0.2) is 0 Å². The second-order valence-electron chi connectivity index (χ2n) is 6.06. The van der Waals surface area contributed by atoms with Crippen molar-refractivity contribution in [3.05, 3.63) is 35.4 Å². The van der Waals surface area contributed by atoms with Crippen LogP contribution in [0.3, 0.4) is 0 Å². The van der Waals surface area contributed by atoms with Crippen LogP contribution in [0, 0.1) is 0 Å². The monoisotopic (exact) mass is 303 g/mol. The summed E-state index contributed by atoms with van der Waals surface area (Å²) in [6, 6.07) is 8.54. The highest BCUT2D eigenvalue weighted by Gasteiger charge is 2.18. The quantitative estimate of drug-likeness (QED) is 0.821. The smallest absolute Gasteiger partial charge is 0.234 e. The summed E-state index contributed by atoms with van der Waals surface area (Å²) >= 11 is 0. The van der Waals surface area contributed by atoms with Crippen molar-refractivity contribution in [1.29, 1.82) is 0 Å². The summed E-state index contributed by atoms with van der Waals surface area (Å²) < 4.78 is 0. The highest BCUT2D eigenvalue weighted by Crippen LogP contribution is 2.14. The van der Waals surface area contributed by atoms with Crippen LogP contribution < -0.4 is 10.6 Å². The van der Waals surface area contributed by atoms with Gasteiger partial charge in [-0.05, 0) is 23.5 Å². The molecule has 2 rings (SSSR count). The molecule has 1 aromatic rings. The number of amides is 2. The molecule has 2 amide bonds. The van der Waals surface area contributed by atoms with Crippen molar-refractivity contribution in [2.45, 2.75) is 26.2 Å². The Morgan fingerprint density at radius 2 is 2.05 bits per heavy atom. The molecule has 1 saturated heterocycles. The average molecular weight is 303 g/mol. The molecule has 0 aliphatic carbocycles. The number of hydrogen-bond donors (Lipinski definition) is 2. The third-order valence-corrected chi connectivity index (χ3v) is 3.87. The summed E-state index contributed by atoms with van der Waals surface area (Å²) in [5.74, 6) is 0.508. The fraction of sp³-hybridized carbons (Fsp3) is 0.529. The van der Waals surface area contributed by atoms with Crippen LogP contribution in [0.1, 0.15) is 30.9 Å². The topological polar surface area (TPSA) is 61.4 Å². The molecule has 2 N–H and O–H groups in total. The van der Waals surface area contributed by atoms with Crippen LogP contribution in [0.5, 0.6) is 0 Å². The van der Waals surface area contributed by atoms with Gasteiger partial charge in [-0.15, -0.1) is 0 Å². The number of carbonyl (C=O) groups excluding carboxylic acids is 2. The van der Waals surface area contributed by atoms with Crippen molar-refractivity contribution in [3.63, 3.8) is 0 Å². The standard InChI is InChI=1S/C17H25N3O2/c1-13(2)15-5-3-14(4-6-15)7-8-18-16(21)11-20-10-9-19-17(22)12-20/h3-6,13H,7-12H2,1-2H3,(H,18,21)(H,19,22). The largest absolute Gasteiger partial charge is 0.355 e. The second kappa shape index (κ2) is 7.94. The van der Waals surface area contributed by atoms with E-state index in [1.807, 2.05) is 4.90 Å². The van der Waals surface area contributed by atoms with Crippen molar-refractivity contribution in [2.24, 2.45) is 0 Å². The van der Waals surface area contributed by atoms with Crippen LogP contribution in [0.2, 0.25) is 0 Å². The first kappa shape index (κ1) is 16.5. The van der Waals surface area contributed by atoms with Gasteiger partial charge in [0.1, 0.15) is 0 Å². The lowest BCUT2D eigenvalue weighted by Gasteiger charge is -2.25. The predicted octanol–water partition coefficient (Wildman–Crippen LogP) is 0.901. The van der Waals surface area contributed by atoms with Crippen LogP contribution >= 0.6 is 0 Å². The van der Waals surface area contributed by atoms with Crippen molar-refractivity contribution in [1.82, 2.24) is 15.5 Å². The lowest BCUT2D eigenvalue weighted by molar-refractivity contribution is -0.126. The van der Waals surface area contributed by atoms with E-state index in [9.17, 15) is 9.59 Å². The number of benzene rings is 1. The molecule has 1 heterocycles. The molecule has 1 aromatic carbocycles. The Hall–Kier alpha value is -1.88. The second-order valence-corrected chi connectivity index (χ2v) is 6.06. The van der Waals surface area contributed by atoms with E-state index in [2.05, 4.69) is 48.7 Å². The van der Waals surface area contributed by atoms with Gasteiger partial charge < -0.3 is 10.6 Å². The van der Waals surface area contributed by atoms with Crippen LogP contribution in [-0.2, 0) is 16.0 Å². The number of nitrogens with one attached hydrogen (secondary N) is 2. The molecule has 1 aliphatic heterocycles. The van der Waals surface area contributed by atoms with Crippen LogP contribution in [0.25, 0.3) is 0 Å². The Kier molecular flexibility index (Phi) is 5.95. The van der Waals surface area contributed by atoms with Gasteiger partial charge in [-0.3, -0.25) is 14.5 Å². The fourth-order valence-corrected chi connectivity index (χ4v) is 2.50. The van der Waals surface area contributed by atoms with E-state index in [1.165, 1.54) is 11.1 Å². The molecule has 1 fully saturated rings. The minimum absolute atomic E-state index is 0.00991. The molecule has 1 aliphatic rings. The van der Waals surface area contributed by atoms with Gasteiger partial charge in [0.2, 0.25) is 11.8 Å². The molecule has 0 bridgehead atoms. The minimum Gasteiger partial charge on any atom is -0.355 e. The highest BCUT2D eigenvalue weighted by atomic mass is 16.2. The summed E-state index contributed by atoms with van der Waals surface area (Å²) in [7, 11) is 0. The molecule has 0 aromatic heterocycles. The summed E-state index contributed by atoms with van der Waals surface area (Å²) in [6.45, 7) is 6.93. The van der Waals surface area contributed by atoms with E-state index in [1.54, 1.807) is 0 Å².